The molecule has 1 aliphatic carbocycles. The average molecular weight is 751 g/mol. The largest absolute Gasteiger partial charge is 0.443 e. The van der Waals surface area contributed by atoms with Crippen molar-refractivity contribution < 1.29 is 29.0 Å². The molecule has 53 heavy (non-hydrogen) atoms. The summed E-state index contributed by atoms with van der Waals surface area (Å²) in [5.74, 6) is -2.12. The van der Waals surface area contributed by atoms with E-state index in [-0.39, 0.29) is 31.1 Å². The Labute approximate surface area is 317 Å². The summed E-state index contributed by atoms with van der Waals surface area (Å²) in [6.07, 6.45) is 6.75. The molecule has 1 aliphatic rings. The molecule has 6 N–H and O–H groups in total. The van der Waals surface area contributed by atoms with Crippen molar-refractivity contribution in [1.82, 2.24) is 25.5 Å². The van der Waals surface area contributed by atoms with Crippen LogP contribution in [-0.4, -0.2) is 80.7 Å². The number of aromatic nitrogens is 2. The van der Waals surface area contributed by atoms with E-state index in [4.69, 9.17) is 22.1 Å². The third kappa shape index (κ3) is 13.0. The zero-order chi connectivity index (χ0) is 38.5. The van der Waals surface area contributed by atoms with Gasteiger partial charge in [-0.15, -0.1) is 0 Å². The van der Waals surface area contributed by atoms with E-state index < -0.39 is 53.7 Å². The summed E-state index contributed by atoms with van der Waals surface area (Å²) < 4.78 is 5.70. The average Bonchev–Trinajstić information content (AvgIpc) is 3.64. The Morgan fingerprint density at radius 3 is 2.32 bits per heavy atom. The molecule has 1 fully saturated rings. The number of nitrogens with one attached hydrogen (secondary N) is 3. The van der Waals surface area contributed by atoms with Crippen LogP contribution < -0.4 is 16.4 Å². The van der Waals surface area contributed by atoms with Gasteiger partial charge in [0.05, 0.1) is 30.2 Å². The molecule has 1 heterocycles. The number of halogens is 1. The minimum Gasteiger partial charge on any atom is -0.443 e. The van der Waals surface area contributed by atoms with Gasteiger partial charge in [-0.05, 0) is 75.6 Å². The van der Waals surface area contributed by atoms with Crippen molar-refractivity contribution in [2.75, 3.05) is 7.05 Å². The lowest BCUT2D eigenvalue weighted by molar-refractivity contribution is -0.141. The van der Waals surface area contributed by atoms with Crippen LogP contribution in [0.1, 0.15) is 82.5 Å². The summed E-state index contributed by atoms with van der Waals surface area (Å²) in [6.45, 7) is 5.01. The number of ether oxygens (including phenoxy) is 1. The zero-order valence-electron chi connectivity index (χ0n) is 31.2. The second-order valence-corrected chi connectivity index (χ2v) is 15.5. The lowest BCUT2D eigenvalue weighted by Crippen LogP contribution is -2.60. The number of nitrogens with zero attached hydrogens (tertiary/aromatic N) is 2. The van der Waals surface area contributed by atoms with Gasteiger partial charge in [0.1, 0.15) is 11.6 Å². The van der Waals surface area contributed by atoms with Crippen molar-refractivity contribution in [1.29, 1.82) is 0 Å². The van der Waals surface area contributed by atoms with Gasteiger partial charge in [-0.2, -0.15) is 0 Å². The number of amides is 4. The van der Waals surface area contributed by atoms with E-state index in [0.29, 0.717) is 23.6 Å². The van der Waals surface area contributed by atoms with E-state index in [9.17, 15) is 24.3 Å². The summed E-state index contributed by atoms with van der Waals surface area (Å²) in [5, 5.41) is 18.2. The highest BCUT2D eigenvalue weighted by atomic mass is 35.5. The summed E-state index contributed by atoms with van der Waals surface area (Å²) in [6, 6.07) is 13.0. The van der Waals surface area contributed by atoms with E-state index in [1.807, 2.05) is 42.5 Å². The van der Waals surface area contributed by atoms with Crippen LogP contribution >= 0.6 is 11.6 Å². The van der Waals surface area contributed by atoms with E-state index >= 15 is 0 Å². The van der Waals surface area contributed by atoms with Gasteiger partial charge in [-0.3, -0.25) is 14.4 Å². The van der Waals surface area contributed by atoms with Crippen LogP contribution in [-0.2, 0) is 38.4 Å². The summed E-state index contributed by atoms with van der Waals surface area (Å²) >= 11 is 6.24. The van der Waals surface area contributed by atoms with E-state index in [1.165, 1.54) is 6.33 Å². The van der Waals surface area contributed by atoms with E-state index in [0.717, 1.165) is 48.1 Å². The van der Waals surface area contributed by atoms with Crippen LogP contribution in [0.4, 0.5) is 4.79 Å². The van der Waals surface area contributed by atoms with Gasteiger partial charge in [0, 0.05) is 30.6 Å². The zero-order valence-corrected chi connectivity index (χ0v) is 32.0. The van der Waals surface area contributed by atoms with Gasteiger partial charge >= 0.3 is 6.09 Å². The number of hydrogen-bond donors (Lipinski definition) is 5. The molecule has 0 spiro atoms. The molecule has 0 saturated heterocycles. The molecule has 13 heteroatoms. The molecule has 1 saturated carbocycles. The van der Waals surface area contributed by atoms with Gasteiger partial charge in [0.2, 0.25) is 17.7 Å². The third-order valence-electron chi connectivity index (χ3n) is 9.63. The molecule has 0 aliphatic heterocycles. The van der Waals surface area contributed by atoms with Crippen molar-refractivity contribution in [2.24, 2.45) is 17.6 Å². The standard InChI is InChI=1S/C40H55ClN6O6/c1-40(2,3)53-39(52)47(38(51)32(42)20-26-12-7-5-8-13-26)34(23-31-24-44-25-45-31)37(50)46-33(21-27-14-9-6-10-15-27)35(48)22-29(36(49)43-4)18-28-16-11-17-30(41)19-28/h5,7-8,11-13,16-17,19,24-25,27,29,32-35,48H,6,9-10,14-15,18,20-23,42H2,1-4H3,(H,43,49)(H,44,45)(H,46,50)/t29-,32+,33+,34+,35+/m1/s1. The topological polar surface area (TPSA) is 180 Å². The molecular weight excluding hydrogens is 696 g/mol. The molecule has 0 radical (unpaired) electrons. The van der Waals surface area contributed by atoms with Gasteiger partial charge in [0.15, 0.2) is 0 Å². The van der Waals surface area contributed by atoms with Crippen molar-refractivity contribution in [3.63, 3.8) is 0 Å². The molecule has 12 nitrogen and oxygen atoms in total. The number of nitrogens with two attached hydrogens (primary N) is 1. The smallest absolute Gasteiger partial charge is 0.417 e. The maximum Gasteiger partial charge on any atom is 0.417 e. The van der Waals surface area contributed by atoms with Crippen molar-refractivity contribution in [3.05, 3.63) is 89.0 Å². The number of carbonyl (C=O) groups excluding carboxylic acids is 4. The highest BCUT2D eigenvalue weighted by Crippen LogP contribution is 2.30. The van der Waals surface area contributed by atoms with Crippen molar-refractivity contribution in [3.8, 4) is 0 Å². The van der Waals surface area contributed by atoms with Crippen LogP contribution in [0.3, 0.4) is 0 Å². The molecule has 1 aromatic heterocycles. The first-order valence-electron chi connectivity index (χ1n) is 18.5. The maximum absolute atomic E-state index is 14.6. The number of aliphatic hydroxyl groups excluding tert-OH is 1. The van der Waals surface area contributed by atoms with Crippen LogP contribution in [0.15, 0.2) is 67.1 Å². The van der Waals surface area contributed by atoms with Gasteiger partial charge in [0.25, 0.3) is 0 Å². The molecule has 4 amide bonds. The number of rotatable bonds is 16. The maximum atomic E-state index is 14.6. The minimum atomic E-state index is -1.43. The minimum absolute atomic E-state index is 0.0462. The number of imide groups is 1. The third-order valence-corrected chi connectivity index (χ3v) is 9.87. The van der Waals surface area contributed by atoms with E-state index in [2.05, 4.69) is 20.6 Å². The summed E-state index contributed by atoms with van der Waals surface area (Å²) in [7, 11) is 1.55. The molecule has 288 valence electrons. The Balaban J connectivity index is 1.68. The number of hydrogen-bond acceptors (Lipinski definition) is 8. The number of carbonyl (C=O) groups is 4. The SMILES string of the molecule is CNC(=O)[C@H](Cc1cccc(Cl)c1)C[C@H](O)[C@H](CC1CCCCC1)NC(=O)[C@H](Cc1c[nH]cn1)N(C(=O)OC(C)(C)C)C(=O)[C@@H](N)Cc1ccccc1. The predicted octanol–water partition coefficient (Wildman–Crippen LogP) is 5.12. The predicted molar refractivity (Wildman–Crippen MR) is 204 cm³/mol. The lowest BCUT2D eigenvalue weighted by Gasteiger charge is -2.35. The lowest BCUT2D eigenvalue weighted by atomic mass is 9.81. The molecule has 5 atom stereocenters. The first kappa shape index (κ1) is 41.5. The number of H-pyrrole nitrogens is 1. The number of imidazole rings is 1. The highest BCUT2D eigenvalue weighted by Gasteiger charge is 2.42. The fraction of sp³-hybridized carbons (Fsp3) is 0.525. The second kappa shape index (κ2) is 19.7. The molecular formula is C40H55ClN6O6. The normalized spacial score (nSPS) is 16.4. The Hall–Kier alpha value is -4.26. The van der Waals surface area contributed by atoms with Crippen LogP contribution in [0.5, 0.6) is 0 Å². The number of aromatic amines is 1. The summed E-state index contributed by atoms with van der Waals surface area (Å²) in [5.41, 5.74) is 7.51. The molecule has 4 rings (SSSR count). The quantitative estimate of drug-likeness (QED) is 0.134. The Morgan fingerprint density at radius 2 is 1.70 bits per heavy atom. The molecule has 2 aromatic carbocycles. The summed E-state index contributed by atoms with van der Waals surface area (Å²) in [4.78, 5) is 63.9. The fourth-order valence-corrected chi connectivity index (χ4v) is 7.20. The molecule has 3 aromatic rings. The fourth-order valence-electron chi connectivity index (χ4n) is 6.98. The van der Waals surface area contributed by atoms with Gasteiger partial charge < -0.3 is 31.2 Å². The van der Waals surface area contributed by atoms with Crippen molar-refractivity contribution >= 4 is 35.4 Å². The first-order valence-corrected chi connectivity index (χ1v) is 18.9. The first-order chi connectivity index (χ1) is 25.2. The van der Waals surface area contributed by atoms with Gasteiger partial charge in [-0.25, -0.2) is 14.7 Å². The Morgan fingerprint density at radius 1 is 1.00 bits per heavy atom. The highest BCUT2D eigenvalue weighted by molar-refractivity contribution is 6.30. The number of benzene rings is 2. The van der Waals surface area contributed by atoms with E-state index in [1.54, 1.807) is 46.1 Å². The molecule has 0 bridgehead atoms. The monoisotopic (exact) mass is 750 g/mol. The molecule has 0 unspecified atom stereocenters. The number of aliphatic hydroxyl groups is 1. The Kier molecular flexibility index (Phi) is 15.4. The Bertz CT molecular complexity index is 1630. The van der Waals surface area contributed by atoms with Crippen LogP contribution in [0.2, 0.25) is 5.02 Å². The van der Waals surface area contributed by atoms with Crippen molar-refractivity contribution in [2.45, 2.75) is 115 Å². The van der Waals surface area contributed by atoms with Gasteiger partial charge in [-0.1, -0.05) is 86.2 Å². The van der Waals surface area contributed by atoms with Crippen LogP contribution in [0, 0.1) is 11.8 Å². The second-order valence-electron chi connectivity index (χ2n) is 15.1. The van der Waals surface area contributed by atoms with Crippen LogP contribution in [0.25, 0.3) is 0 Å².